The molecular weight excluding hydrogens is 260 g/mol. The second kappa shape index (κ2) is 5.45. The van der Waals surface area contributed by atoms with Crippen molar-refractivity contribution in [1.82, 2.24) is 10.2 Å². The molecule has 0 spiro atoms. The highest BCUT2D eigenvalue weighted by Crippen LogP contribution is 2.39. The second-order valence-electron chi connectivity index (χ2n) is 7.35. The Morgan fingerprint density at radius 2 is 1.95 bits per heavy atom. The largest absolute Gasteiger partial charge is 0.323 e. The Bertz CT molecular complexity index is 511. The molecule has 2 fully saturated rings. The van der Waals surface area contributed by atoms with Crippen LogP contribution in [0.4, 0.5) is 0 Å². The van der Waals surface area contributed by atoms with Crippen molar-refractivity contribution in [2.45, 2.75) is 64.7 Å². The highest BCUT2D eigenvalue weighted by molar-refractivity contribution is 5.86. The molecule has 1 saturated carbocycles. The third-order valence-electron chi connectivity index (χ3n) is 5.03. The van der Waals surface area contributed by atoms with E-state index in [9.17, 15) is 4.79 Å². The van der Waals surface area contributed by atoms with Crippen LogP contribution >= 0.6 is 0 Å². The topological polar surface area (TPSA) is 32.3 Å². The third kappa shape index (κ3) is 2.84. The van der Waals surface area contributed by atoms with Gasteiger partial charge in [-0.1, -0.05) is 50.6 Å². The van der Waals surface area contributed by atoms with Crippen molar-refractivity contribution in [2.75, 3.05) is 0 Å². The normalized spacial score (nSPS) is 32.4. The van der Waals surface area contributed by atoms with Gasteiger partial charge in [0.05, 0.1) is 6.17 Å². The van der Waals surface area contributed by atoms with E-state index in [-0.39, 0.29) is 18.1 Å². The van der Waals surface area contributed by atoms with Gasteiger partial charge in [0.25, 0.3) is 0 Å². The molecule has 1 aromatic rings. The van der Waals surface area contributed by atoms with E-state index in [1.54, 1.807) is 0 Å². The van der Waals surface area contributed by atoms with Crippen LogP contribution in [0.3, 0.4) is 0 Å². The fourth-order valence-electron chi connectivity index (χ4n) is 4.01. The minimum atomic E-state index is -0.175. The molecule has 3 rings (SSSR count). The van der Waals surface area contributed by atoms with Crippen LogP contribution in [0.25, 0.3) is 0 Å². The van der Waals surface area contributed by atoms with Gasteiger partial charge in [-0.15, -0.1) is 0 Å². The van der Waals surface area contributed by atoms with Gasteiger partial charge in [-0.3, -0.25) is 10.1 Å². The van der Waals surface area contributed by atoms with Crippen molar-refractivity contribution in [1.29, 1.82) is 0 Å². The number of nitrogens with zero attached hydrogens (tertiary/aromatic N) is 1. The predicted molar refractivity (Wildman–Crippen MR) is 84.7 cm³/mol. The molecule has 3 heteroatoms. The molecule has 0 bridgehead atoms. The highest BCUT2D eigenvalue weighted by Gasteiger charge is 2.43. The summed E-state index contributed by atoms with van der Waals surface area (Å²) >= 11 is 0. The lowest BCUT2D eigenvalue weighted by atomic mass is 9.74. The van der Waals surface area contributed by atoms with Crippen molar-refractivity contribution in [3.05, 3.63) is 35.9 Å². The molecule has 114 valence electrons. The number of hydrogen-bond acceptors (Lipinski definition) is 2. The molecule has 1 heterocycles. The van der Waals surface area contributed by atoms with Gasteiger partial charge < -0.3 is 4.90 Å². The SMILES string of the molecule is CC1NC(c2ccccc2)C(=O)N1C1CCCC(C)(C)C1. The van der Waals surface area contributed by atoms with E-state index in [1.807, 2.05) is 30.3 Å². The summed E-state index contributed by atoms with van der Waals surface area (Å²) in [6.07, 6.45) is 4.89. The van der Waals surface area contributed by atoms with Crippen LogP contribution < -0.4 is 5.32 Å². The standard InChI is InChI=1S/C18H26N2O/c1-13-19-16(14-8-5-4-6-9-14)17(21)20(13)15-10-7-11-18(2,3)12-15/h4-6,8-9,13,15-16,19H,7,10-12H2,1-3H3. The Labute approximate surface area is 127 Å². The van der Waals surface area contributed by atoms with E-state index in [2.05, 4.69) is 31.0 Å². The maximum atomic E-state index is 12.9. The van der Waals surface area contributed by atoms with Crippen LogP contribution in [0.15, 0.2) is 30.3 Å². The molecule has 1 aliphatic heterocycles. The van der Waals surface area contributed by atoms with Gasteiger partial charge in [-0.2, -0.15) is 0 Å². The van der Waals surface area contributed by atoms with Crippen LogP contribution in [0.2, 0.25) is 0 Å². The number of rotatable bonds is 2. The van der Waals surface area contributed by atoms with Gasteiger partial charge >= 0.3 is 0 Å². The van der Waals surface area contributed by atoms with Crippen molar-refractivity contribution in [3.63, 3.8) is 0 Å². The van der Waals surface area contributed by atoms with Gasteiger partial charge in [0.1, 0.15) is 6.04 Å². The van der Waals surface area contributed by atoms with Crippen LogP contribution in [0, 0.1) is 5.41 Å². The number of amides is 1. The Morgan fingerprint density at radius 1 is 1.24 bits per heavy atom. The fraction of sp³-hybridized carbons (Fsp3) is 0.611. The molecule has 2 aliphatic rings. The predicted octanol–water partition coefficient (Wildman–Crippen LogP) is 3.47. The van der Waals surface area contributed by atoms with Crippen molar-refractivity contribution in [3.8, 4) is 0 Å². The molecule has 21 heavy (non-hydrogen) atoms. The maximum absolute atomic E-state index is 12.9. The van der Waals surface area contributed by atoms with Gasteiger partial charge in [0.2, 0.25) is 5.91 Å². The second-order valence-corrected chi connectivity index (χ2v) is 7.35. The van der Waals surface area contributed by atoms with Gasteiger partial charge in [0.15, 0.2) is 0 Å². The quantitative estimate of drug-likeness (QED) is 0.903. The zero-order valence-electron chi connectivity index (χ0n) is 13.3. The Balaban J connectivity index is 1.79. The Morgan fingerprint density at radius 3 is 2.62 bits per heavy atom. The van der Waals surface area contributed by atoms with E-state index >= 15 is 0 Å². The summed E-state index contributed by atoms with van der Waals surface area (Å²) in [6, 6.07) is 10.3. The van der Waals surface area contributed by atoms with Crippen molar-refractivity contribution < 1.29 is 4.79 Å². The van der Waals surface area contributed by atoms with Crippen LogP contribution in [0.5, 0.6) is 0 Å². The van der Waals surface area contributed by atoms with Crippen molar-refractivity contribution >= 4 is 5.91 Å². The molecule has 1 aliphatic carbocycles. The van der Waals surface area contributed by atoms with E-state index < -0.39 is 0 Å². The minimum Gasteiger partial charge on any atom is -0.323 e. The van der Waals surface area contributed by atoms with E-state index in [0.717, 1.165) is 18.4 Å². The summed E-state index contributed by atoms with van der Waals surface area (Å²) in [5.74, 6) is 0.247. The van der Waals surface area contributed by atoms with Crippen LogP contribution in [-0.4, -0.2) is 23.0 Å². The molecule has 3 atom stereocenters. The average Bonchev–Trinajstić information content (AvgIpc) is 2.74. The summed E-state index contributed by atoms with van der Waals surface area (Å²) < 4.78 is 0. The lowest BCUT2D eigenvalue weighted by Crippen LogP contribution is -2.46. The molecule has 3 nitrogen and oxygen atoms in total. The number of carbonyl (C=O) groups excluding carboxylic acids is 1. The fourth-order valence-corrected chi connectivity index (χ4v) is 4.01. The van der Waals surface area contributed by atoms with Crippen LogP contribution in [0.1, 0.15) is 58.1 Å². The Kier molecular flexibility index (Phi) is 3.78. The number of hydrogen-bond donors (Lipinski definition) is 1. The number of carbonyl (C=O) groups is 1. The lowest BCUT2D eigenvalue weighted by molar-refractivity contribution is -0.133. The van der Waals surface area contributed by atoms with Gasteiger partial charge in [-0.05, 0) is 37.2 Å². The molecule has 0 radical (unpaired) electrons. The number of benzene rings is 1. The molecule has 1 aromatic carbocycles. The van der Waals surface area contributed by atoms with E-state index in [0.29, 0.717) is 11.5 Å². The first-order valence-electron chi connectivity index (χ1n) is 8.11. The third-order valence-corrected chi connectivity index (χ3v) is 5.03. The van der Waals surface area contributed by atoms with Gasteiger partial charge in [-0.25, -0.2) is 0 Å². The van der Waals surface area contributed by atoms with Crippen LogP contribution in [-0.2, 0) is 4.79 Å². The highest BCUT2D eigenvalue weighted by atomic mass is 16.2. The smallest absolute Gasteiger partial charge is 0.245 e. The van der Waals surface area contributed by atoms with Gasteiger partial charge in [0, 0.05) is 6.04 Å². The van der Waals surface area contributed by atoms with E-state index in [4.69, 9.17) is 0 Å². The summed E-state index contributed by atoms with van der Waals surface area (Å²) in [5, 5.41) is 3.47. The molecular formula is C18H26N2O. The van der Waals surface area contributed by atoms with E-state index in [1.165, 1.54) is 12.8 Å². The molecule has 0 aromatic heterocycles. The van der Waals surface area contributed by atoms with Crippen molar-refractivity contribution in [2.24, 2.45) is 5.41 Å². The molecule has 1 amide bonds. The molecule has 1 N–H and O–H groups in total. The maximum Gasteiger partial charge on any atom is 0.245 e. The first kappa shape index (κ1) is 14.6. The first-order valence-corrected chi connectivity index (χ1v) is 8.11. The lowest BCUT2D eigenvalue weighted by Gasteiger charge is -2.41. The Hall–Kier alpha value is -1.35. The monoisotopic (exact) mass is 286 g/mol. The zero-order valence-corrected chi connectivity index (χ0v) is 13.3. The minimum absolute atomic E-state index is 0.126. The summed E-state index contributed by atoms with van der Waals surface area (Å²) in [4.78, 5) is 15.0. The first-order chi connectivity index (χ1) is 9.98. The molecule has 1 saturated heterocycles. The zero-order chi connectivity index (χ0) is 15.0. The summed E-state index contributed by atoms with van der Waals surface area (Å²) in [5.41, 5.74) is 1.43. The summed E-state index contributed by atoms with van der Waals surface area (Å²) in [7, 11) is 0. The molecule has 3 unspecified atom stereocenters. The summed E-state index contributed by atoms with van der Waals surface area (Å²) in [6.45, 7) is 6.77. The number of nitrogens with one attached hydrogen (secondary N) is 1. The average molecular weight is 286 g/mol.